The van der Waals surface area contributed by atoms with E-state index in [1.165, 1.54) is 0 Å². The third-order valence-electron chi connectivity index (χ3n) is 3.67. The van der Waals surface area contributed by atoms with Gasteiger partial charge >= 0.3 is 0 Å². The van der Waals surface area contributed by atoms with Crippen LogP contribution in [0.5, 0.6) is 5.75 Å². The standard InChI is InChI=1S/C17H18O2/c18-15-10-6-12-17(15)19-16-11-5-4-9-14(16)13-7-2-1-3-8-13/h1-5,7-9,11,15,17-18H,6,10,12H2/t15-,17-/m0/s1. The molecule has 0 saturated heterocycles. The largest absolute Gasteiger partial charge is 0.487 e. The Balaban J connectivity index is 1.89. The second kappa shape index (κ2) is 5.45. The van der Waals surface area contributed by atoms with E-state index in [1.807, 2.05) is 36.4 Å². The number of aliphatic hydroxyl groups excluding tert-OH is 1. The van der Waals surface area contributed by atoms with E-state index in [4.69, 9.17) is 4.74 Å². The quantitative estimate of drug-likeness (QED) is 0.906. The first-order valence-corrected chi connectivity index (χ1v) is 6.84. The molecule has 1 N–H and O–H groups in total. The Hall–Kier alpha value is -1.80. The van der Waals surface area contributed by atoms with Gasteiger partial charge in [-0.1, -0.05) is 48.5 Å². The number of aliphatic hydroxyl groups is 1. The minimum absolute atomic E-state index is 0.0649. The second-order valence-corrected chi connectivity index (χ2v) is 5.02. The first-order valence-electron chi connectivity index (χ1n) is 6.84. The zero-order valence-corrected chi connectivity index (χ0v) is 10.8. The fourth-order valence-corrected chi connectivity index (χ4v) is 2.63. The van der Waals surface area contributed by atoms with Gasteiger partial charge in [0.15, 0.2) is 0 Å². The lowest BCUT2D eigenvalue weighted by Crippen LogP contribution is -2.25. The zero-order valence-electron chi connectivity index (χ0n) is 10.8. The third kappa shape index (κ3) is 2.64. The van der Waals surface area contributed by atoms with Gasteiger partial charge in [-0.2, -0.15) is 0 Å². The molecule has 98 valence electrons. The van der Waals surface area contributed by atoms with E-state index < -0.39 is 0 Å². The zero-order chi connectivity index (χ0) is 13.1. The highest BCUT2D eigenvalue weighted by Crippen LogP contribution is 2.33. The van der Waals surface area contributed by atoms with Gasteiger partial charge < -0.3 is 9.84 Å². The van der Waals surface area contributed by atoms with Crippen molar-refractivity contribution in [1.29, 1.82) is 0 Å². The van der Waals surface area contributed by atoms with Gasteiger partial charge in [0.1, 0.15) is 11.9 Å². The molecule has 0 aromatic heterocycles. The molecular formula is C17H18O2. The Morgan fingerprint density at radius 3 is 2.37 bits per heavy atom. The van der Waals surface area contributed by atoms with Crippen molar-refractivity contribution < 1.29 is 9.84 Å². The summed E-state index contributed by atoms with van der Waals surface area (Å²) >= 11 is 0. The van der Waals surface area contributed by atoms with Gasteiger partial charge in [0.25, 0.3) is 0 Å². The van der Waals surface area contributed by atoms with Crippen molar-refractivity contribution in [2.75, 3.05) is 0 Å². The molecule has 19 heavy (non-hydrogen) atoms. The normalized spacial score (nSPS) is 22.4. The van der Waals surface area contributed by atoms with Gasteiger partial charge in [0.2, 0.25) is 0 Å². The maximum Gasteiger partial charge on any atom is 0.127 e. The Kier molecular flexibility index (Phi) is 3.51. The van der Waals surface area contributed by atoms with Gasteiger partial charge in [-0.15, -0.1) is 0 Å². The predicted molar refractivity (Wildman–Crippen MR) is 76.2 cm³/mol. The summed E-state index contributed by atoms with van der Waals surface area (Å²) in [7, 11) is 0. The molecule has 2 aromatic rings. The highest BCUT2D eigenvalue weighted by molar-refractivity contribution is 5.70. The molecule has 0 amide bonds. The second-order valence-electron chi connectivity index (χ2n) is 5.02. The fourth-order valence-electron chi connectivity index (χ4n) is 2.63. The van der Waals surface area contributed by atoms with E-state index in [1.54, 1.807) is 0 Å². The van der Waals surface area contributed by atoms with E-state index in [9.17, 15) is 5.11 Å². The minimum atomic E-state index is -0.330. The molecule has 0 unspecified atom stereocenters. The number of hydrogen-bond donors (Lipinski definition) is 1. The summed E-state index contributed by atoms with van der Waals surface area (Å²) in [4.78, 5) is 0. The van der Waals surface area contributed by atoms with Crippen LogP contribution in [0, 0.1) is 0 Å². The molecule has 1 aliphatic rings. The molecule has 0 bridgehead atoms. The molecule has 3 rings (SSSR count). The first-order chi connectivity index (χ1) is 9.34. The Morgan fingerprint density at radius 2 is 1.63 bits per heavy atom. The summed E-state index contributed by atoms with van der Waals surface area (Å²) in [5, 5.41) is 9.89. The van der Waals surface area contributed by atoms with Crippen LogP contribution in [0.3, 0.4) is 0 Å². The molecule has 2 nitrogen and oxygen atoms in total. The number of para-hydroxylation sites is 1. The van der Waals surface area contributed by atoms with Crippen LogP contribution < -0.4 is 4.74 Å². The third-order valence-corrected chi connectivity index (χ3v) is 3.67. The molecule has 1 saturated carbocycles. The van der Waals surface area contributed by atoms with E-state index in [0.29, 0.717) is 0 Å². The number of ether oxygens (including phenoxy) is 1. The topological polar surface area (TPSA) is 29.5 Å². The fraction of sp³-hybridized carbons (Fsp3) is 0.294. The van der Waals surface area contributed by atoms with Gasteiger partial charge in [-0.05, 0) is 30.9 Å². The van der Waals surface area contributed by atoms with Crippen LogP contribution in [0.4, 0.5) is 0 Å². The first kappa shape index (κ1) is 12.2. The molecule has 0 radical (unpaired) electrons. The predicted octanol–water partition coefficient (Wildman–Crippen LogP) is 3.65. The van der Waals surface area contributed by atoms with Crippen molar-refractivity contribution in [3.63, 3.8) is 0 Å². The lowest BCUT2D eigenvalue weighted by molar-refractivity contribution is 0.0608. The molecule has 2 heteroatoms. The highest BCUT2D eigenvalue weighted by Gasteiger charge is 2.27. The molecule has 1 fully saturated rings. The van der Waals surface area contributed by atoms with Crippen molar-refractivity contribution in [2.45, 2.75) is 31.5 Å². The maximum absolute atomic E-state index is 9.89. The maximum atomic E-state index is 9.89. The summed E-state index contributed by atoms with van der Waals surface area (Å²) in [6.07, 6.45) is 2.43. The van der Waals surface area contributed by atoms with Crippen molar-refractivity contribution in [1.82, 2.24) is 0 Å². The van der Waals surface area contributed by atoms with Crippen LogP contribution >= 0.6 is 0 Å². The SMILES string of the molecule is O[C@H]1CCC[C@@H]1Oc1ccccc1-c1ccccc1. The molecule has 0 aliphatic heterocycles. The van der Waals surface area contributed by atoms with Crippen molar-refractivity contribution >= 4 is 0 Å². The van der Waals surface area contributed by atoms with Crippen LogP contribution in [-0.4, -0.2) is 17.3 Å². The molecular weight excluding hydrogens is 236 g/mol. The van der Waals surface area contributed by atoms with Gasteiger partial charge in [-0.3, -0.25) is 0 Å². The summed E-state index contributed by atoms with van der Waals surface area (Å²) in [5.41, 5.74) is 2.23. The van der Waals surface area contributed by atoms with Crippen molar-refractivity contribution in [3.05, 3.63) is 54.6 Å². The van der Waals surface area contributed by atoms with Crippen LogP contribution in [-0.2, 0) is 0 Å². The van der Waals surface area contributed by atoms with Crippen LogP contribution in [0.15, 0.2) is 54.6 Å². The average molecular weight is 254 g/mol. The Bertz CT molecular complexity index is 536. The number of rotatable bonds is 3. The number of hydrogen-bond acceptors (Lipinski definition) is 2. The Morgan fingerprint density at radius 1 is 0.895 bits per heavy atom. The molecule has 1 aliphatic carbocycles. The van der Waals surface area contributed by atoms with Crippen molar-refractivity contribution in [2.24, 2.45) is 0 Å². The minimum Gasteiger partial charge on any atom is -0.487 e. The average Bonchev–Trinajstić information content (AvgIpc) is 2.86. The molecule has 0 spiro atoms. The molecule has 2 aromatic carbocycles. The summed E-state index contributed by atoms with van der Waals surface area (Å²) in [5.74, 6) is 0.861. The van der Waals surface area contributed by atoms with Gasteiger partial charge in [-0.25, -0.2) is 0 Å². The summed E-state index contributed by atoms with van der Waals surface area (Å²) in [6.45, 7) is 0. The lowest BCUT2D eigenvalue weighted by Gasteiger charge is -2.19. The highest BCUT2D eigenvalue weighted by atomic mass is 16.5. The van der Waals surface area contributed by atoms with E-state index in [2.05, 4.69) is 18.2 Å². The lowest BCUT2D eigenvalue weighted by atomic mass is 10.0. The Labute approximate surface area is 113 Å². The summed E-state index contributed by atoms with van der Waals surface area (Å²) in [6, 6.07) is 18.2. The molecule has 0 heterocycles. The van der Waals surface area contributed by atoms with Gasteiger partial charge in [0.05, 0.1) is 6.10 Å². The van der Waals surface area contributed by atoms with E-state index >= 15 is 0 Å². The van der Waals surface area contributed by atoms with Crippen LogP contribution in [0.25, 0.3) is 11.1 Å². The summed E-state index contributed by atoms with van der Waals surface area (Å²) < 4.78 is 6.02. The van der Waals surface area contributed by atoms with E-state index in [-0.39, 0.29) is 12.2 Å². The van der Waals surface area contributed by atoms with Gasteiger partial charge in [0, 0.05) is 5.56 Å². The smallest absolute Gasteiger partial charge is 0.127 e. The number of benzene rings is 2. The van der Waals surface area contributed by atoms with Crippen LogP contribution in [0.2, 0.25) is 0 Å². The molecule has 2 atom stereocenters. The van der Waals surface area contributed by atoms with Crippen LogP contribution in [0.1, 0.15) is 19.3 Å². The van der Waals surface area contributed by atoms with Crippen molar-refractivity contribution in [3.8, 4) is 16.9 Å². The van der Waals surface area contributed by atoms with E-state index in [0.717, 1.165) is 36.1 Å². The monoisotopic (exact) mass is 254 g/mol.